The molecule has 1 saturated heterocycles. The van der Waals surface area contributed by atoms with Gasteiger partial charge in [-0.1, -0.05) is 0 Å². The lowest BCUT2D eigenvalue weighted by molar-refractivity contribution is -0.135. The fourth-order valence-electron chi connectivity index (χ4n) is 1.81. The molecule has 1 heterocycles. The molecule has 80 valence electrons. The summed E-state index contributed by atoms with van der Waals surface area (Å²) in [5, 5.41) is 11.2. The molecule has 1 atom stereocenters. The van der Waals surface area contributed by atoms with E-state index in [4.69, 9.17) is 5.11 Å². The molecular formula is C9H16N2O3. The molecule has 1 aliphatic heterocycles. The molecular weight excluding hydrogens is 184 g/mol. The molecule has 0 spiro atoms. The van der Waals surface area contributed by atoms with Gasteiger partial charge in [0, 0.05) is 26.1 Å². The van der Waals surface area contributed by atoms with Gasteiger partial charge in [-0.25, -0.2) is 0 Å². The van der Waals surface area contributed by atoms with Gasteiger partial charge in [0.25, 0.3) is 0 Å². The zero-order chi connectivity index (χ0) is 10.6. The standard InChI is InChI=1S/C9H16N2O3/c1-7(12)11-4-2-3-8(11)5-10-6-9(13)14/h8,10H,2-6H2,1H3,(H,13,14). The molecule has 0 saturated carbocycles. The number of rotatable bonds is 4. The first kappa shape index (κ1) is 11.0. The number of carboxylic acid groups (broad SMARTS) is 1. The van der Waals surface area contributed by atoms with Crippen LogP contribution in [0, 0.1) is 0 Å². The Morgan fingerprint density at radius 1 is 1.57 bits per heavy atom. The molecule has 1 rings (SSSR count). The van der Waals surface area contributed by atoms with Gasteiger partial charge in [0.15, 0.2) is 0 Å². The molecule has 1 unspecified atom stereocenters. The first-order chi connectivity index (χ1) is 6.61. The number of carbonyl (C=O) groups is 2. The van der Waals surface area contributed by atoms with Gasteiger partial charge < -0.3 is 15.3 Å². The molecule has 5 nitrogen and oxygen atoms in total. The van der Waals surface area contributed by atoms with Crippen molar-refractivity contribution >= 4 is 11.9 Å². The van der Waals surface area contributed by atoms with Crippen LogP contribution in [0.25, 0.3) is 0 Å². The highest BCUT2D eigenvalue weighted by Crippen LogP contribution is 2.16. The highest BCUT2D eigenvalue weighted by Gasteiger charge is 2.25. The van der Waals surface area contributed by atoms with E-state index in [0.29, 0.717) is 6.54 Å². The summed E-state index contributed by atoms with van der Waals surface area (Å²) in [6.45, 7) is 2.89. The van der Waals surface area contributed by atoms with E-state index in [2.05, 4.69) is 5.32 Å². The smallest absolute Gasteiger partial charge is 0.317 e. The summed E-state index contributed by atoms with van der Waals surface area (Å²) >= 11 is 0. The Morgan fingerprint density at radius 2 is 2.29 bits per heavy atom. The fourth-order valence-corrected chi connectivity index (χ4v) is 1.81. The summed E-state index contributed by atoms with van der Waals surface area (Å²) in [6, 6.07) is 0.173. The quantitative estimate of drug-likeness (QED) is 0.652. The average molecular weight is 200 g/mol. The molecule has 14 heavy (non-hydrogen) atoms. The van der Waals surface area contributed by atoms with Crippen LogP contribution in [-0.4, -0.2) is 47.6 Å². The average Bonchev–Trinajstić information content (AvgIpc) is 2.51. The highest BCUT2D eigenvalue weighted by molar-refractivity contribution is 5.74. The Kier molecular flexibility index (Phi) is 3.88. The number of carboxylic acids is 1. The van der Waals surface area contributed by atoms with Gasteiger partial charge in [-0.15, -0.1) is 0 Å². The lowest BCUT2D eigenvalue weighted by atomic mass is 10.2. The van der Waals surface area contributed by atoms with Crippen molar-refractivity contribution in [2.45, 2.75) is 25.8 Å². The zero-order valence-corrected chi connectivity index (χ0v) is 8.32. The van der Waals surface area contributed by atoms with Gasteiger partial charge in [-0.2, -0.15) is 0 Å². The van der Waals surface area contributed by atoms with E-state index in [1.165, 1.54) is 0 Å². The summed E-state index contributed by atoms with van der Waals surface area (Å²) in [5.74, 6) is -0.790. The normalized spacial score (nSPS) is 21.2. The number of carbonyl (C=O) groups excluding carboxylic acids is 1. The maximum atomic E-state index is 11.1. The Morgan fingerprint density at radius 3 is 2.86 bits per heavy atom. The molecule has 1 aliphatic rings. The van der Waals surface area contributed by atoms with Gasteiger partial charge in [0.2, 0.25) is 5.91 Å². The second-order valence-corrected chi connectivity index (χ2v) is 3.53. The molecule has 0 aromatic rings. The van der Waals surface area contributed by atoms with Crippen LogP contribution in [0.2, 0.25) is 0 Å². The van der Waals surface area contributed by atoms with E-state index < -0.39 is 5.97 Å². The SMILES string of the molecule is CC(=O)N1CCCC1CNCC(=O)O. The summed E-state index contributed by atoms with van der Waals surface area (Å²) < 4.78 is 0. The molecule has 0 aromatic heterocycles. The highest BCUT2D eigenvalue weighted by atomic mass is 16.4. The summed E-state index contributed by atoms with van der Waals surface area (Å²) in [7, 11) is 0. The van der Waals surface area contributed by atoms with Crippen LogP contribution in [0.5, 0.6) is 0 Å². The third kappa shape index (κ3) is 2.99. The van der Waals surface area contributed by atoms with Crippen LogP contribution in [0.3, 0.4) is 0 Å². The lowest BCUT2D eigenvalue weighted by Gasteiger charge is -2.23. The largest absolute Gasteiger partial charge is 0.480 e. The summed E-state index contributed by atoms with van der Waals surface area (Å²) in [6.07, 6.45) is 1.98. The minimum absolute atomic E-state index is 0.0394. The molecule has 5 heteroatoms. The van der Waals surface area contributed by atoms with Crippen LogP contribution in [0.4, 0.5) is 0 Å². The van der Waals surface area contributed by atoms with E-state index in [0.717, 1.165) is 19.4 Å². The van der Waals surface area contributed by atoms with E-state index >= 15 is 0 Å². The molecule has 0 bridgehead atoms. The monoisotopic (exact) mass is 200 g/mol. The Bertz CT molecular complexity index is 230. The number of hydrogen-bond acceptors (Lipinski definition) is 3. The van der Waals surface area contributed by atoms with Gasteiger partial charge in [0.1, 0.15) is 0 Å². The Balaban J connectivity index is 2.29. The Hall–Kier alpha value is -1.10. The second kappa shape index (κ2) is 4.95. The van der Waals surface area contributed by atoms with Crippen LogP contribution in [-0.2, 0) is 9.59 Å². The molecule has 2 N–H and O–H groups in total. The minimum atomic E-state index is -0.864. The van der Waals surface area contributed by atoms with Crippen LogP contribution in [0.1, 0.15) is 19.8 Å². The maximum absolute atomic E-state index is 11.1. The zero-order valence-electron chi connectivity index (χ0n) is 8.32. The van der Waals surface area contributed by atoms with E-state index in [1.807, 2.05) is 0 Å². The van der Waals surface area contributed by atoms with Crippen molar-refractivity contribution in [2.24, 2.45) is 0 Å². The van der Waals surface area contributed by atoms with Gasteiger partial charge in [0.05, 0.1) is 6.54 Å². The third-order valence-corrected chi connectivity index (χ3v) is 2.44. The predicted octanol–water partition coefficient (Wildman–Crippen LogP) is -0.328. The third-order valence-electron chi connectivity index (χ3n) is 2.44. The summed E-state index contributed by atoms with van der Waals surface area (Å²) in [4.78, 5) is 23.2. The summed E-state index contributed by atoms with van der Waals surface area (Å²) in [5.41, 5.74) is 0. The van der Waals surface area contributed by atoms with Crippen molar-refractivity contribution in [2.75, 3.05) is 19.6 Å². The van der Waals surface area contributed by atoms with Crippen molar-refractivity contribution in [1.29, 1.82) is 0 Å². The molecule has 0 aliphatic carbocycles. The van der Waals surface area contributed by atoms with Crippen molar-refractivity contribution in [3.05, 3.63) is 0 Å². The van der Waals surface area contributed by atoms with E-state index in [9.17, 15) is 9.59 Å². The van der Waals surface area contributed by atoms with E-state index in [1.54, 1.807) is 11.8 Å². The van der Waals surface area contributed by atoms with Gasteiger partial charge in [-0.05, 0) is 12.8 Å². The van der Waals surface area contributed by atoms with Crippen LogP contribution < -0.4 is 5.32 Å². The first-order valence-corrected chi connectivity index (χ1v) is 4.81. The van der Waals surface area contributed by atoms with E-state index in [-0.39, 0.29) is 18.5 Å². The maximum Gasteiger partial charge on any atom is 0.317 e. The number of hydrogen-bond donors (Lipinski definition) is 2. The van der Waals surface area contributed by atoms with Crippen molar-refractivity contribution < 1.29 is 14.7 Å². The van der Waals surface area contributed by atoms with Crippen LogP contribution in [0.15, 0.2) is 0 Å². The fraction of sp³-hybridized carbons (Fsp3) is 0.778. The van der Waals surface area contributed by atoms with Gasteiger partial charge in [-0.3, -0.25) is 9.59 Å². The van der Waals surface area contributed by atoms with Gasteiger partial charge >= 0.3 is 5.97 Å². The lowest BCUT2D eigenvalue weighted by Crippen LogP contribution is -2.41. The number of aliphatic carboxylic acids is 1. The predicted molar refractivity (Wildman–Crippen MR) is 50.9 cm³/mol. The number of likely N-dealkylation sites (tertiary alicyclic amines) is 1. The molecule has 0 radical (unpaired) electrons. The number of nitrogens with zero attached hydrogens (tertiary/aromatic N) is 1. The minimum Gasteiger partial charge on any atom is -0.480 e. The molecule has 1 amide bonds. The molecule has 1 fully saturated rings. The number of nitrogens with one attached hydrogen (secondary N) is 1. The van der Waals surface area contributed by atoms with Crippen molar-refractivity contribution in [3.8, 4) is 0 Å². The second-order valence-electron chi connectivity index (χ2n) is 3.53. The number of amides is 1. The molecule has 0 aromatic carbocycles. The van der Waals surface area contributed by atoms with Crippen LogP contribution >= 0.6 is 0 Å². The Labute approximate surface area is 83.1 Å². The van der Waals surface area contributed by atoms with Crippen molar-refractivity contribution in [3.63, 3.8) is 0 Å². The first-order valence-electron chi connectivity index (χ1n) is 4.81. The topological polar surface area (TPSA) is 69.6 Å². The van der Waals surface area contributed by atoms with Crippen molar-refractivity contribution in [1.82, 2.24) is 10.2 Å².